The van der Waals surface area contributed by atoms with E-state index in [2.05, 4.69) is 5.32 Å². The molecule has 1 N–H and O–H groups in total. The van der Waals surface area contributed by atoms with E-state index in [-0.39, 0.29) is 11.9 Å². The van der Waals surface area contributed by atoms with Crippen LogP contribution >= 0.6 is 0 Å². The van der Waals surface area contributed by atoms with Crippen molar-refractivity contribution in [3.05, 3.63) is 0 Å². The Kier molecular flexibility index (Phi) is 2.89. The molecule has 0 bridgehead atoms. The zero-order valence-corrected chi connectivity index (χ0v) is 7.96. The number of rotatable bonds is 2. The van der Waals surface area contributed by atoms with E-state index in [9.17, 15) is 4.79 Å². The fourth-order valence-electron chi connectivity index (χ4n) is 1.06. The smallest absolute Gasteiger partial charge is 0.240 e. The molecule has 0 aromatic rings. The summed E-state index contributed by atoms with van der Waals surface area (Å²) in [5, 5.41) is 11.5. The molecule has 1 amide bonds. The molecule has 1 rings (SSSR count). The molecular weight excluding hydrogens is 168 g/mol. The Hall–Kier alpha value is -1.08. The second-order valence-corrected chi connectivity index (χ2v) is 3.77. The molecule has 0 aromatic heterocycles. The minimum absolute atomic E-state index is 0.0834. The maximum Gasteiger partial charge on any atom is 0.240 e. The molecule has 13 heavy (non-hydrogen) atoms. The Morgan fingerprint density at radius 2 is 2.38 bits per heavy atom. The third-order valence-electron chi connectivity index (χ3n) is 2.11. The average Bonchev–Trinajstić information content (AvgIpc) is 2.57. The summed E-state index contributed by atoms with van der Waals surface area (Å²) in [6.07, 6.45) is 0.841. The Bertz CT molecular complexity index is 236. The van der Waals surface area contributed by atoms with Crippen molar-refractivity contribution in [3.8, 4) is 6.07 Å². The third kappa shape index (κ3) is 2.43. The van der Waals surface area contributed by atoms with Crippen LogP contribution in [0.25, 0.3) is 0 Å². The molecule has 1 fully saturated rings. The van der Waals surface area contributed by atoms with Gasteiger partial charge in [0, 0.05) is 6.61 Å². The highest BCUT2D eigenvalue weighted by molar-refractivity contribution is 5.84. The zero-order chi connectivity index (χ0) is 9.90. The van der Waals surface area contributed by atoms with E-state index < -0.39 is 5.41 Å². The molecule has 0 saturated carbocycles. The first kappa shape index (κ1) is 10.0. The van der Waals surface area contributed by atoms with Gasteiger partial charge in [-0.1, -0.05) is 0 Å². The Morgan fingerprint density at radius 1 is 1.69 bits per heavy atom. The highest BCUT2D eigenvalue weighted by Crippen LogP contribution is 2.14. The highest BCUT2D eigenvalue weighted by Gasteiger charge is 2.30. The number of carbonyl (C=O) groups is 1. The van der Waals surface area contributed by atoms with Crippen LogP contribution in [0.5, 0.6) is 0 Å². The molecule has 1 atom stereocenters. The van der Waals surface area contributed by atoms with Crippen LogP contribution in [0.3, 0.4) is 0 Å². The van der Waals surface area contributed by atoms with E-state index >= 15 is 0 Å². The van der Waals surface area contributed by atoms with Gasteiger partial charge in [0.2, 0.25) is 5.91 Å². The van der Waals surface area contributed by atoms with Crippen LogP contribution in [0.1, 0.15) is 20.3 Å². The van der Waals surface area contributed by atoms with Gasteiger partial charge in [0.15, 0.2) is 0 Å². The SMILES string of the molecule is CC(C)(C#N)C(=O)NC1CCOC1. The summed E-state index contributed by atoms with van der Waals surface area (Å²) < 4.78 is 5.11. The number of hydrogen-bond acceptors (Lipinski definition) is 3. The molecule has 1 aliphatic rings. The van der Waals surface area contributed by atoms with Crippen LogP contribution in [-0.4, -0.2) is 25.2 Å². The predicted molar refractivity (Wildman–Crippen MR) is 46.8 cm³/mol. The van der Waals surface area contributed by atoms with Crippen LogP contribution in [-0.2, 0) is 9.53 Å². The lowest BCUT2D eigenvalue weighted by molar-refractivity contribution is -0.127. The molecule has 4 heteroatoms. The number of nitriles is 1. The van der Waals surface area contributed by atoms with E-state index in [1.54, 1.807) is 13.8 Å². The number of hydrogen-bond donors (Lipinski definition) is 1. The van der Waals surface area contributed by atoms with Gasteiger partial charge < -0.3 is 10.1 Å². The van der Waals surface area contributed by atoms with Crippen LogP contribution in [0.2, 0.25) is 0 Å². The highest BCUT2D eigenvalue weighted by atomic mass is 16.5. The second kappa shape index (κ2) is 3.75. The molecule has 0 radical (unpaired) electrons. The van der Waals surface area contributed by atoms with Crippen molar-refractivity contribution in [1.82, 2.24) is 5.32 Å². The molecular formula is C9H14N2O2. The number of nitrogens with one attached hydrogen (secondary N) is 1. The molecule has 72 valence electrons. The zero-order valence-electron chi connectivity index (χ0n) is 7.96. The monoisotopic (exact) mass is 182 g/mol. The topological polar surface area (TPSA) is 62.1 Å². The van der Waals surface area contributed by atoms with Gasteiger partial charge in [0.05, 0.1) is 18.7 Å². The van der Waals surface area contributed by atoms with Gasteiger partial charge in [0.1, 0.15) is 5.41 Å². The number of carbonyl (C=O) groups excluding carboxylic acids is 1. The van der Waals surface area contributed by atoms with Gasteiger partial charge in [0.25, 0.3) is 0 Å². The summed E-state index contributed by atoms with van der Waals surface area (Å²) >= 11 is 0. The van der Waals surface area contributed by atoms with Crippen LogP contribution in [0, 0.1) is 16.7 Å². The number of nitrogens with zero attached hydrogens (tertiary/aromatic N) is 1. The minimum atomic E-state index is -0.942. The van der Waals surface area contributed by atoms with Crippen LogP contribution in [0.15, 0.2) is 0 Å². The van der Waals surface area contributed by atoms with E-state index in [1.807, 2.05) is 6.07 Å². The fraction of sp³-hybridized carbons (Fsp3) is 0.778. The van der Waals surface area contributed by atoms with Gasteiger partial charge in [-0.3, -0.25) is 4.79 Å². The molecule has 1 aliphatic heterocycles. The number of amides is 1. The quantitative estimate of drug-likeness (QED) is 0.674. The van der Waals surface area contributed by atoms with E-state index in [1.165, 1.54) is 0 Å². The van der Waals surface area contributed by atoms with Gasteiger partial charge in [-0.2, -0.15) is 5.26 Å². The van der Waals surface area contributed by atoms with Crippen molar-refractivity contribution >= 4 is 5.91 Å². The summed E-state index contributed by atoms with van der Waals surface area (Å²) in [6.45, 7) is 4.47. The first-order chi connectivity index (χ1) is 6.06. The van der Waals surface area contributed by atoms with Crippen molar-refractivity contribution in [3.63, 3.8) is 0 Å². The van der Waals surface area contributed by atoms with Crippen molar-refractivity contribution in [1.29, 1.82) is 5.26 Å². The van der Waals surface area contributed by atoms with Gasteiger partial charge in [-0.05, 0) is 20.3 Å². The lowest BCUT2D eigenvalue weighted by atomic mass is 9.94. The maximum absolute atomic E-state index is 11.5. The first-order valence-corrected chi connectivity index (χ1v) is 4.36. The first-order valence-electron chi connectivity index (χ1n) is 4.36. The molecule has 4 nitrogen and oxygen atoms in total. The Morgan fingerprint density at radius 3 is 2.85 bits per heavy atom. The Balaban J connectivity index is 2.45. The summed E-state index contributed by atoms with van der Waals surface area (Å²) in [5.41, 5.74) is -0.942. The summed E-state index contributed by atoms with van der Waals surface area (Å²) in [5.74, 6) is -0.217. The predicted octanol–water partition coefficient (Wildman–Crippen LogP) is 0.441. The third-order valence-corrected chi connectivity index (χ3v) is 2.11. The molecule has 0 spiro atoms. The van der Waals surface area contributed by atoms with E-state index in [0.717, 1.165) is 6.42 Å². The minimum Gasteiger partial charge on any atom is -0.379 e. The lowest BCUT2D eigenvalue weighted by Crippen LogP contribution is -2.42. The van der Waals surface area contributed by atoms with Crippen molar-refractivity contribution in [2.45, 2.75) is 26.3 Å². The molecule has 1 unspecified atom stereocenters. The Labute approximate surface area is 77.9 Å². The van der Waals surface area contributed by atoms with E-state index in [4.69, 9.17) is 10.00 Å². The molecule has 0 aliphatic carbocycles. The molecule has 1 saturated heterocycles. The number of ether oxygens (including phenoxy) is 1. The summed E-state index contributed by atoms with van der Waals surface area (Å²) in [4.78, 5) is 11.5. The normalized spacial score (nSPS) is 22.4. The van der Waals surface area contributed by atoms with Crippen molar-refractivity contribution in [2.75, 3.05) is 13.2 Å². The van der Waals surface area contributed by atoms with Crippen LogP contribution < -0.4 is 5.32 Å². The standard InChI is InChI=1S/C9H14N2O2/c1-9(2,6-10)8(12)11-7-3-4-13-5-7/h7H,3-5H2,1-2H3,(H,11,12). The second-order valence-electron chi connectivity index (χ2n) is 3.77. The van der Waals surface area contributed by atoms with Gasteiger partial charge in [-0.25, -0.2) is 0 Å². The van der Waals surface area contributed by atoms with Crippen molar-refractivity contribution < 1.29 is 9.53 Å². The average molecular weight is 182 g/mol. The molecule has 0 aromatic carbocycles. The van der Waals surface area contributed by atoms with Crippen molar-refractivity contribution in [2.24, 2.45) is 5.41 Å². The van der Waals surface area contributed by atoms with Gasteiger partial charge >= 0.3 is 0 Å². The van der Waals surface area contributed by atoms with Gasteiger partial charge in [-0.15, -0.1) is 0 Å². The summed E-state index contributed by atoms with van der Waals surface area (Å²) in [6, 6.07) is 2.05. The maximum atomic E-state index is 11.5. The van der Waals surface area contributed by atoms with Crippen LogP contribution in [0.4, 0.5) is 0 Å². The molecule has 1 heterocycles. The fourth-order valence-corrected chi connectivity index (χ4v) is 1.06. The lowest BCUT2D eigenvalue weighted by Gasteiger charge is -2.18. The largest absolute Gasteiger partial charge is 0.379 e. The summed E-state index contributed by atoms with van der Waals surface area (Å²) in [7, 11) is 0. The van der Waals surface area contributed by atoms with E-state index in [0.29, 0.717) is 13.2 Å².